The number of benzene rings is 2. The molecule has 0 amide bonds. The SMILES string of the molecule is COc1ccc(C=Cc2ccc3cccc([N+](=O)[O-])c3n2)c(OC)c1. The Bertz CT molecular complexity index is 967. The summed E-state index contributed by atoms with van der Waals surface area (Å²) in [6.07, 6.45) is 3.64. The van der Waals surface area contributed by atoms with Crippen LogP contribution in [0.25, 0.3) is 23.1 Å². The van der Waals surface area contributed by atoms with Gasteiger partial charge in [-0.1, -0.05) is 18.2 Å². The molecule has 0 N–H and O–H groups in total. The zero-order valence-electron chi connectivity index (χ0n) is 13.8. The summed E-state index contributed by atoms with van der Waals surface area (Å²) in [5.41, 5.74) is 1.85. The first-order valence-corrected chi connectivity index (χ1v) is 7.56. The number of nitro groups is 1. The zero-order valence-corrected chi connectivity index (χ0v) is 13.8. The number of hydrogen-bond donors (Lipinski definition) is 0. The number of fused-ring (bicyclic) bond motifs is 1. The molecule has 0 radical (unpaired) electrons. The van der Waals surface area contributed by atoms with Crippen molar-refractivity contribution in [2.75, 3.05) is 14.2 Å². The van der Waals surface area contributed by atoms with Gasteiger partial charge in [0.25, 0.3) is 5.69 Å². The fourth-order valence-corrected chi connectivity index (χ4v) is 2.52. The summed E-state index contributed by atoms with van der Waals surface area (Å²) in [7, 11) is 3.18. The van der Waals surface area contributed by atoms with Crippen LogP contribution < -0.4 is 9.47 Å². The van der Waals surface area contributed by atoms with Gasteiger partial charge in [0, 0.05) is 23.1 Å². The van der Waals surface area contributed by atoms with Gasteiger partial charge in [0.2, 0.25) is 0 Å². The number of hydrogen-bond acceptors (Lipinski definition) is 5. The quantitative estimate of drug-likeness (QED) is 0.512. The van der Waals surface area contributed by atoms with Crippen molar-refractivity contribution in [3.05, 3.63) is 69.9 Å². The first-order valence-electron chi connectivity index (χ1n) is 7.56. The van der Waals surface area contributed by atoms with Crippen molar-refractivity contribution < 1.29 is 14.4 Å². The lowest BCUT2D eigenvalue weighted by atomic mass is 10.1. The molecule has 6 nitrogen and oxygen atoms in total. The van der Waals surface area contributed by atoms with Crippen molar-refractivity contribution >= 4 is 28.7 Å². The van der Waals surface area contributed by atoms with Crippen LogP contribution in [0.4, 0.5) is 5.69 Å². The molecule has 0 saturated heterocycles. The van der Waals surface area contributed by atoms with Crippen LogP contribution >= 0.6 is 0 Å². The van der Waals surface area contributed by atoms with Crippen LogP contribution in [0.5, 0.6) is 11.5 Å². The summed E-state index contributed by atoms with van der Waals surface area (Å²) in [5.74, 6) is 1.37. The van der Waals surface area contributed by atoms with Crippen LogP contribution in [0.3, 0.4) is 0 Å². The number of methoxy groups -OCH3 is 2. The van der Waals surface area contributed by atoms with Gasteiger partial charge in [-0.2, -0.15) is 0 Å². The van der Waals surface area contributed by atoms with Gasteiger partial charge in [-0.3, -0.25) is 10.1 Å². The minimum Gasteiger partial charge on any atom is -0.497 e. The molecule has 0 aliphatic rings. The van der Waals surface area contributed by atoms with Crippen LogP contribution in [0.15, 0.2) is 48.5 Å². The second-order valence-electron chi connectivity index (χ2n) is 5.28. The lowest BCUT2D eigenvalue weighted by Crippen LogP contribution is -1.92. The van der Waals surface area contributed by atoms with Crippen LogP contribution in [0, 0.1) is 10.1 Å². The first kappa shape index (κ1) is 16.4. The van der Waals surface area contributed by atoms with Crippen molar-refractivity contribution in [3.8, 4) is 11.5 Å². The Kier molecular flexibility index (Phi) is 4.61. The van der Waals surface area contributed by atoms with E-state index in [1.165, 1.54) is 6.07 Å². The topological polar surface area (TPSA) is 74.5 Å². The van der Waals surface area contributed by atoms with E-state index in [9.17, 15) is 10.1 Å². The van der Waals surface area contributed by atoms with E-state index in [2.05, 4.69) is 4.98 Å². The Balaban J connectivity index is 1.99. The van der Waals surface area contributed by atoms with Gasteiger partial charge in [-0.15, -0.1) is 0 Å². The second-order valence-corrected chi connectivity index (χ2v) is 5.28. The van der Waals surface area contributed by atoms with E-state index in [1.54, 1.807) is 38.5 Å². The van der Waals surface area contributed by atoms with E-state index in [1.807, 2.05) is 30.3 Å². The van der Waals surface area contributed by atoms with Crippen molar-refractivity contribution in [1.29, 1.82) is 0 Å². The average Bonchev–Trinajstić information content (AvgIpc) is 2.65. The standard InChI is InChI=1S/C19H16N2O4/c1-24-16-11-8-13(18(12-16)25-2)6-9-15-10-7-14-4-3-5-17(21(22)23)19(14)20-15/h3-12H,1-2H3. The van der Waals surface area contributed by atoms with E-state index < -0.39 is 4.92 Å². The van der Waals surface area contributed by atoms with Crippen molar-refractivity contribution in [2.45, 2.75) is 0 Å². The summed E-state index contributed by atoms with van der Waals surface area (Å²) < 4.78 is 10.5. The van der Waals surface area contributed by atoms with Crippen LogP contribution in [0.1, 0.15) is 11.3 Å². The Morgan fingerprint density at radius 3 is 2.60 bits per heavy atom. The number of para-hydroxylation sites is 1. The highest BCUT2D eigenvalue weighted by Crippen LogP contribution is 2.27. The number of rotatable bonds is 5. The van der Waals surface area contributed by atoms with Gasteiger partial charge in [-0.05, 0) is 30.4 Å². The van der Waals surface area contributed by atoms with E-state index >= 15 is 0 Å². The minimum absolute atomic E-state index is 0.00484. The molecule has 3 rings (SSSR count). The highest BCUT2D eigenvalue weighted by atomic mass is 16.6. The lowest BCUT2D eigenvalue weighted by Gasteiger charge is -2.07. The molecule has 0 aliphatic carbocycles. The van der Waals surface area contributed by atoms with E-state index in [-0.39, 0.29) is 5.69 Å². The number of nitrogens with zero attached hydrogens (tertiary/aromatic N) is 2. The van der Waals surface area contributed by atoms with Gasteiger partial charge < -0.3 is 9.47 Å². The molecule has 0 bridgehead atoms. The largest absolute Gasteiger partial charge is 0.497 e. The maximum atomic E-state index is 11.2. The molecule has 6 heteroatoms. The Morgan fingerprint density at radius 1 is 1.04 bits per heavy atom. The lowest BCUT2D eigenvalue weighted by molar-refractivity contribution is -0.383. The zero-order chi connectivity index (χ0) is 17.8. The Labute approximate surface area is 144 Å². The highest BCUT2D eigenvalue weighted by Gasteiger charge is 2.12. The normalized spacial score (nSPS) is 11.0. The smallest absolute Gasteiger partial charge is 0.295 e. The van der Waals surface area contributed by atoms with Crippen molar-refractivity contribution in [3.63, 3.8) is 0 Å². The fraction of sp³-hybridized carbons (Fsp3) is 0.105. The summed E-state index contributed by atoms with van der Waals surface area (Å²) in [6, 6.07) is 14.0. The third-order valence-electron chi connectivity index (χ3n) is 3.79. The van der Waals surface area contributed by atoms with Gasteiger partial charge in [-0.25, -0.2) is 4.98 Å². The van der Waals surface area contributed by atoms with Gasteiger partial charge in [0.05, 0.1) is 24.8 Å². The molecule has 1 aromatic heterocycles. The molecule has 2 aromatic carbocycles. The van der Waals surface area contributed by atoms with E-state index in [4.69, 9.17) is 9.47 Å². The molecular formula is C19H16N2O4. The molecule has 0 saturated carbocycles. The van der Waals surface area contributed by atoms with Gasteiger partial charge in [0.1, 0.15) is 17.0 Å². The fourth-order valence-electron chi connectivity index (χ4n) is 2.52. The number of nitro benzene ring substituents is 1. The van der Waals surface area contributed by atoms with Crippen LogP contribution in [0.2, 0.25) is 0 Å². The molecular weight excluding hydrogens is 320 g/mol. The van der Waals surface area contributed by atoms with Crippen LogP contribution in [-0.4, -0.2) is 24.1 Å². The monoisotopic (exact) mass is 336 g/mol. The predicted octanol–water partition coefficient (Wildman–Crippen LogP) is 4.33. The molecule has 0 spiro atoms. The van der Waals surface area contributed by atoms with E-state index in [0.29, 0.717) is 22.7 Å². The first-order chi connectivity index (χ1) is 12.1. The highest BCUT2D eigenvalue weighted by molar-refractivity contribution is 5.88. The Hall–Kier alpha value is -3.41. The molecule has 3 aromatic rings. The van der Waals surface area contributed by atoms with Crippen molar-refractivity contribution in [1.82, 2.24) is 4.98 Å². The van der Waals surface area contributed by atoms with Gasteiger partial charge in [0.15, 0.2) is 0 Å². The number of non-ortho nitro benzene ring substituents is 1. The molecule has 0 fully saturated rings. The maximum Gasteiger partial charge on any atom is 0.295 e. The molecule has 1 heterocycles. The predicted molar refractivity (Wildman–Crippen MR) is 96.9 cm³/mol. The van der Waals surface area contributed by atoms with Gasteiger partial charge >= 0.3 is 0 Å². The van der Waals surface area contributed by atoms with E-state index in [0.717, 1.165) is 10.9 Å². The average molecular weight is 336 g/mol. The number of ether oxygens (including phenoxy) is 2. The molecule has 0 aliphatic heterocycles. The molecule has 0 atom stereocenters. The third kappa shape index (κ3) is 3.42. The minimum atomic E-state index is -0.421. The van der Waals surface area contributed by atoms with Crippen molar-refractivity contribution in [2.24, 2.45) is 0 Å². The summed E-state index contributed by atoms with van der Waals surface area (Å²) >= 11 is 0. The third-order valence-corrected chi connectivity index (χ3v) is 3.79. The maximum absolute atomic E-state index is 11.2. The van der Waals surface area contributed by atoms with Crippen LogP contribution in [-0.2, 0) is 0 Å². The number of pyridine rings is 1. The molecule has 126 valence electrons. The molecule has 25 heavy (non-hydrogen) atoms. The number of aromatic nitrogens is 1. The second kappa shape index (κ2) is 7.00. The summed E-state index contributed by atoms with van der Waals surface area (Å²) in [6.45, 7) is 0. The summed E-state index contributed by atoms with van der Waals surface area (Å²) in [4.78, 5) is 15.2. The Morgan fingerprint density at radius 2 is 1.88 bits per heavy atom. The molecule has 0 unspecified atom stereocenters. The summed E-state index contributed by atoms with van der Waals surface area (Å²) in [5, 5.41) is 11.9.